The van der Waals surface area contributed by atoms with E-state index in [9.17, 15) is 8.42 Å². The third kappa shape index (κ3) is 4.91. The summed E-state index contributed by atoms with van der Waals surface area (Å²) >= 11 is 0. The molecule has 1 heterocycles. The lowest BCUT2D eigenvalue weighted by Gasteiger charge is -2.17. The molecule has 0 aromatic rings. The maximum atomic E-state index is 12.0. The lowest BCUT2D eigenvalue weighted by Crippen LogP contribution is -2.36. The quantitative estimate of drug-likeness (QED) is 0.718. The zero-order valence-electron chi connectivity index (χ0n) is 11.0. The Labute approximate surface area is 105 Å². The van der Waals surface area contributed by atoms with Crippen molar-refractivity contribution in [1.29, 1.82) is 0 Å². The average Bonchev–Trinajstić information content (AvgIpc) is 2.66. The predicted octanol–water partition coefficient (Wildman–Crippen LogP) is 0.283. The second-order valence-electron chi connectivity index (χ2n) is 4.89. The van der Waals surface area contributed by atoms with E-state index in [1.165, 1.54) is 0 Å². The first-order valence-electron chi connectivity index (χ1n) is 6.16. The van der Waals surface area contributed by atoms with Gasteiger partial charge in [0, 0.05) is 32.8 Å². The number of hydrogen-bond acceptors (Lipinski definition) is 4. The van der Waals surface area contributed by atoms with Crippen molar-refractivity contribution in [3.8, 4) is 0 Å². The van der Waals surface area contributed by atoms with Crippen LogP contribution in [0.15, 0.2) is 0 Å². The second kappa shape index (κ2) is 6.68. The van der Waals surface area contributed by atoms with Crippen molar-refractivity contribution in [3.63, 3.8) is 0 Å². The Morgan fingerprint density at radius 2 is 2.18 bits per heavy atom. The highest BCUT2D eigenvalue weighted by molar-refractivity contribution is 7.89. The fourth-order valence-electron chi connectivity index (χ4n) is 2.03. The Morgan fingerprint density at radius 1 is 1.47 bits per heavy atom. The van der Waals surface area contributed by atoms with Gasteiger partial charge in [-0.3, -0.25) is 0 Å². The Morgan fingerprint density at radius 3 is 2.76 bits per heavy atom. The van der Waals surface area contributed by atoms with Gasteiger partial charge in [-0.2, -0.15) is 0 Å². The van der Waals surface area contributed by atoms with Crippen LogP contribution in [0.25, 0.3) is 0 Å². The fourth-order valence-corrected chi connectivity index (χ4v) is 3.48. The van der Waals surface area contributed by atoms with Crippen molar-refractivity contribution in [1.82, 2.24) is 9.62 Å². The van der Waals surface area contributed by atoms with E-state index < -0.39 is 10.0 Å². The van der Waals surface area contributed by atoms with Gasteiger partial charge in [0.25, 0.3) is 0 Å². The van der Waals surface area contributed by atoms with E-state index in [-0.39, 0.29) is 5.75 Å². The van der Waals surface area contributed by atoms with E-state index in [1.54, 1.807) is 11.4 Å². The minimum Gasteiger partial charge on any atom is -0.384 e. The summed E-state index contributed by atoms with van der Waals surface area (Å²) in [6.07, 6.45) is 0.907. The zero-order valence-corrected chi connectivity index (χ0v) is 11.8. The molecule has 0 saturated carbocycles. The Bertz CT molecular complexity index is 317. The summed E-state index contributed by atoms with van der Waals surface area (Å²) in [5, 5.41) is 3.13. The highest BCUT2D eigenvalue weighted by Crippen LogP contribution is 2.19. The maximum absolute atomic E-state index is 12.0. The van der Waals surface area contributed by atoms with Crippen LogP contribution in [0.4, 0.5) is 0 Å². The molecule has 5 nitrogen and oxygen atoms in total. The van der Waals surface area contributed by atoms with Crippen LogP contribution < -0.4 is 5.32 Å². The molecule has 1 aliphatic rings. The highest BCUT2D eigenvalue weighted by Gasteiger charge is 2.30. The summed E-state index contributed by atoms with van der Waals surface area (Å²) in [5.41, 5.74) is 0. The number of ether oxygens (including phenoxy) is 1. The lowest BCUT2D eigenvalue weighted by atomic mass is 10.1. The van der Waals surface area contributed by atoms with E-state index in [4.69, 9.17) is 4.74 Å². The molecule has 102 valence electrons. The summed E-state index contributed by atoms with van der Waals surface area (Å²) < 4.78 is 30.7. The number of rotatable bonds is 7. The predicted molar refractivity (Wildman–Crippen MR) is 68.5 cm³/mol. The van der Waals surface area contributed by atoms with Crippen molar-refractivity contribution in [2.24, 2.45) is 5.92 Å². The topological polar surface area (TPSA) is 58.6 Å². The van der Waals surface area contributed by atoms with E-state index in [1.807, 2.05) is 13.8 Å². The average molecular weight is 264 g/mol. The SMILES string of the molecule is COCC1CCN(S(=O)(=O)CCNC(C)C)C1. The minimum absolute atomic E-state index is 0.185. The standard InChI is InChI=1S/C11H24N2O3S/c1-10(2)12-5-7-17(14,15)13-6-4-11(8-13)9-16-3/h10-12H,4-9H2,1-3H3. The van der Waals surface area contributed by atoms with Crippen molar-refractivity contribution in [2.75, 3.05) is 39.1 Å². The van der Waals surface area contributed by atoms with Crippen LogP contribution in [-0.4, -0.2) is 57.9 Å². The molecule has 1 unspecified atom stereocenters. The van der Waals surface area contributed by atoms with Gasteiger partial charge in [-0.15, -0.1) is 0 Å². The monoisotopic (exact) mass is 264 g/mol. The molecule has 6 heteroatoms. The van der Waals surface area contributed by atoms with Gasteiger partial charge < -0.3 is 10.1 Å². The molecule has 0 amide bonds. The normalized spacial score (nSPS) is 22.5. The first-order valence-corrected chi connectivity index (χ1v) is 7.76. The third-order valence-corrected chi connectivity index (χ3v) is 4.80. The van der Waals surface area contributed by atoms with Crippen LogP contribution in [0.5, 0.6) is 0 Å². The molecule has 17 heavy (non-hydrogen) atoms. The molecule has 1 saturated heterocycles. The van der Waals surface area contributed by atoms with Gasteiger partial charge in [-0.1, -0.05) is 13.8 Å². The molecule has 0 aromatic heterocycles. The number of nitrogens with zero attached hydrogens (tertiary/aromatic N) is 1. The van der Waals surface area contributed by atoms with Crippen LogP contribution >= 0.6 is 0 Å². The summed E-state index contributed by atoms with van der Waals surface area (Å²) in [7, 11) is -1.44. The molecule has 0 radical (unpaired) electrons. The van der Waals surface area contributed by atoms with E-state index >= 15 is 0 Å². The molecule has 0 aliphatic carbocycles. The zero-order chi connectivity index (χ0) is 12.9. The van der Waals surface area contributed by atoms with Crippen molar-refractivity contribution < 1.29 is 13.2 Å². The van der Waals surface area contributed by atoms with Crippen LogP contribution in [0.3, 0.4) is 0 Å². The maximum Gasteiger partial charge on any atom is 0.215 e. The summed E-state index contributed by atoms with van der Waals surface area (Å²) in [6.45, 7) is 6.44. The summed E-state index contributed by atoms with van der Waals surface area (Å²) in [5.74, 6) is 0.540. The van der Waals surface area contributed by atoms with Gasteiger partial charge >= 0.3 is 0 Å². The van der Waals surface area contributed by atoms with Crippen LogP contribution in [0.2, 0.25) is 0 Å². The Hall–Kier alpha value is -0.170. The third-order valence-electron chi connectivity index (χ3n) is 2.96. The van der Waals surface area contributed by atoms with Crippen molar-refractivity contribution in [3.05, 3.63) is 0 Å². The fraction of sp³-hybridized carbons (Fsp3) is 1.00. The van der Waals surface area contributed by atoms with E-state index in [2.05, 4.69) is 5.32 Å². The van der Waals surface area contributed by atoms with Gasteiger partial charge in [-0.25, -0.2) is 12.7 Å². The Kier molecular flexibility index (Phi) is 5.85. The van der Waals surface area contributed by atoms with Gasteiger partial charge in [-0.05, 0) is 12.3 Å². The smallest absolute Gasteiger partial charge is 0.215 e. The number of methoxy groups -OCH3 is 1. The molecule has 1 N–H and O–H groups in total. The van der Waals surface area contributed by atoms with E-state index in [0.717, 1.165) is 6.42 Å². The molecule has 0 bridgehead atoms. The highest BCUT2D eigenvalue weighted by atomic mass is 32.2. The largest absolute Gasteiger partial charge is 0.384 e. The van der Waals surface area contributed by atoms with Gasteiger partial charge in [0.2, 0.25) is 10.0 Å². The first-order chi connectivity index (χ1) is 7.95. The second-order valence-corrected chi connectivity index (χ2v) is 6.98. The molecule has 1 rings (SSSR count). The summed E-state index contributed by atoms with van der Waals surface area (Å²) in [6, 6.07) is 0.324. The number of hydrogen-bond donors (Lipinski definition) is 1. The lowest BCUT2D eigenvalue weighted by molar-refractivity contribution is 0.157. The molecular formula is C11H24N2O3S. The van der Waals surface area contributed by atoms with Gasteiger partial charge in [0.05, 0.1) is 12.4 Å². The van der Waals surface area contributed by atoms with Crippen LogP contribution in [0, 0.1) is 5.92 Å². The molecule has 1 atom stereocenters. The molecule has 0 spiro atoms. The van der Waals surface area contributed by atoms with Gasteiger partial charge in [0.1, 0.15) is 0 Å². The first kappa shape index (κ1) is 14.9. The molecule has 0 aromatic carbocycles. The van der Waals surface area contributed by atoms with Crippen LogP contribution in [0.1, 0.15) is 20.3 Å². The summed E-state index contributed by atoms with van der Waals surface area (Å²) in [4.78, 5) is 0. The van der Waals surface area contributed by atoms with E-state index in [0.29, 0.717) is 38.2 Å². The van der Waals surface area contributed by atoms with Crippen molar-refractivity contribution in [2.45, 2.75) is 26.3 Å². The van der Waals surface area contributed by atoms with Gasteiger partial charge in [0.15, 0.2) is 0 Å². The van der Waals surface area contributed by atoms with Crippen molar-refractivity contribution >= 4 is 10.0 Å². The molecule has 1 aliphatic heterocycles. The minimum atomic E-state index is -3.09. The number of sulfonamides is 1. The Balaban J connectivity index is 2.38. The number of nitrogens with one attached hydrogen (secondary N) is 1. The molecular weight excluding hydrogens is 240 g/mol. The molecule has 1 fully saturated rings. The van der Waals surface area contributed by atoms with Crippen LogP contribution in [-0.2, 0) is 14.8 Å².